The summed E-state index contributed by atoms with van der Waals surface area (Å²) < 4.78 is 3.82. The highest BCUT2D eigenvalue weighted by Crippen LogP contribution is 2.36. The van der Waals surface area contributed by atoms with Crippen LogP contribution >= 0.6 is 0 Å². The lowest BCUT2D eigenvalue weighted by molar-refractivity contribution is -0.127. The summed E-state index contributed by atoms with van der Waals surface area (Å²) in [7, 11) is 0. The predicted molar refractivity (Wildman–Crippen MR) is 162 cm³/mol. The van der Waals surface area contributed by atoms with Crippen molar-refractivity contribution in [1.82, 2.24) is 39.5 Å². The number of piperidine rings is 1. The van der Waals surface area contributed by atoms with E-state index in [1.54, 1.807) is 17.1 Å². The van der Waals surface area contributed by atoms with Crippen LogP contribution in [0, 0.1) is 5.92 Å². The van der Waals surface area contributed by atoms with Crippen molar-refractivity contribution in [2.45, 2.75) is 31.7 Å². The van der Waals surface area contributed by atoms with Gasteiger partial charge < -0.3 is 16.0 Å². The number of carbonyl (C=O) groups is 1. The normalized spacial score (nSPS) is 17.0. The number of anilines is 1. The van der Waals surface area contributed by atoms with Crippen LogP contribution in [0.2, 0.25) is 0 Å². The summed E-state index contributed by atoms with van der Waals surface area (Å²) >= 11 is 0. The lowest BCUT2D eigenvalue weighted by Crippen LogP contribution is -2.40. The highest BCUT2D eigenvalue weighted by Gasteiger charge is 2.27. The van der Waals surface area contributed by atoms with Gasteiger partial charge in [-0.1, -0.05) is 12.6 Å². The number of benzene rings is 1. The molecule has 0 saturated carbocycles. The summed E-state index contributed by atoms with van der Waals surface area (Å²) in [6, 6.07) is 16.5. The first-order chi connectivity index (χ1) is 20.6. The molecule has 1 unspecified atom stereocenters. The van der Waals surface area contributed by atoms with Crippen LogP contribution in [0.4, 0.5) is 5.82 Å². The minimum Gasteiger partial charge on any atom is -0.383 e. The summed E-state index contributed by atoms with van der Waals surface area (Å²) in [6.45, 7) is 6.19. The number of aromatic nitrogens is 6. The summed E-state index contributed by atoms with van der Waals surface area (Å²) in [5.74, 6) is 2.45. The Balaban J connectivity index is 1.19. The van der Waals surface area contributed by atoms with Crippen LogP contribution in [-0.2, 0) is 11.2 Å². The number of nitrogens with one attached hydrogen (secondary N) is 1. The number of nitrogens with zero attached hydrogens (tertiary/aromatic N) is 7. The van der Waals surface area contributed by atoms with Crippen molar-refractivity contribution in [3.8, 4) is 22.9 Å². The smallest absolute Gasteiger partial charge is 0.245 e. The van der Waals surface area contributed by atoms with Gasteiger partial charge in [0.15, 0.2) is 17.3 Å². The Morgan fingerprint density at radius 2 is 1.95 bits per heavy atom. The van der Waals surface area contributed by atoms with Gasteiger partial charge in [-0.2, -0.15) is 5.10 Å². The fourth-order valence-electron chi connectivity index (χ4n) is 6.26. The van der Waals surface area contributed by atoms with Gasteiger partial charge in [-0.15, -0.1) is 0 Å². The summed E-state index contributed by atoms with van der Waals surface area (Å²) in [5, 5.41) is 8.19. The molecule has 1 atom stereocenters. The molecule has 10 heteroatoms. The molecule has 42 heavy (non-hydrogen) atoms. The molecule has 7 rings (SSSR count). The van der Waals surface area contributed by atoms with Gasteiger partial charge in [0.2, 0.25) is 5.91 Å². The van der Waals surface area contributed by atoms with Crippen molar-refractivity contribution in [3.63, 3.8) is 0 Å². The molecule has 1 aliphatic carbocycles. The van der Waals surface area contributed by atoms with Gasteiger partial charge in [-0.25, -0.2) is 19.6 Å². The van der Waals surface area contributed by atoms with Crippen LogP contribution < -0.4 is 11.1 Å². The standard InChI is InChI=1S/C32H33N9O/c1-2-29(42)39-17-12-21(13-18-39)20-35-26-9-6-22-19-23(7-8-24(22)26)41-31(25-5-3-14-34-30(25)33)37-27-10-11-28(38-32(27)41)40-16-4-15-36-40/h2-5,7-8,10-11,14-16,19,21,26,35H,1,6,9,12-13,17-18,20H2,(H2,33,34). The number of likely N-dealkylation sites (tertiary alicyclic amines) is 1. The molecule has 0 spiro atoms. The number of aryl methyl sites for hydroxylation is 1. The molecule has 10 nitrogen and oxygen atoms in total. The lowest BCUT2D eigenvalue weighted by Gasteiger charge is -2.32. The van der Waals surface area contributed by atoms with Crippen LogP contribution in [0.15, 0.2) is 79.8 Å². The number of amides is 1. The Morgan fingerprint density at radius 3 is 2.74 bits per heavy atom. The number of hydrogen-bond donors (Lipinski definition) is 2. The third-order valence-electron chi connectivity index (χ3n) is 8.52. The average Bonchev–Trinajstić information content (AvgIpc) is 3.78. The highest BCUT2D eigenvalue weighted by molar-refractivity contribution is 5.87. The maximum Gasteiger partial charge on any atom is 0.245 e. The van der Waals surface area contributed by atoms with E-state index in [1.807, 2.05) is 41.4 Å². The van der Waals surface area contributed by atoms with E-state index in [0.29, 0.717) is 29.4 Å². The third-order valence-corrected chi connectivity index (χ3v) is 8.52. The molecule has 212 valence electrons. The highest BCUT2D eigenvalue weighted by atomic mass is 16.2. The second-order valence-electron chi connectivity index (χ2n) is 11.0. The van der Waals surface area contributed by atoms with E-state index >= 15 is 0 Å². The van der Waals surface area contributed by atoms with Crippen molar-refractivity contribution in [2.24, 2.45) is 5.92 Å². The van der Waals surface area contributed by atoms with Crippen LogP contribution in [0.5, 0.6) is 0 Å². The maximum absolute atomic E-state index is 11.9. The van der Waals surface area contributed by atoms with Gasteiger partial charge in [0.25, 0.3) is 0 Å². The first-order valence-electron chi connectivity index (χ1n) is 14.5. The molecule has 1 saturated heterocycles. The van der Waals surface area contributed by atoms with Gasteiger partial charge >= 0.3 is 0 Å². The maximum atomic E-state index is 11.9. The van der Waals surface area contributed by atoms with Crippen molar-refractivity contribution in [2.75, 3.05) is 25.4 Å². The zero-order valence-corrected chi connectivity index (χ0v) is 23.4. The first kappa shape index (κ1) is 26.1. The number of fused-ring (bicyclic) bond motifs is 2. The van der Waals surface area contributed by atoms with Crippen LogP contribution in [0.25, 0.3) is 34.1 Å². The van der Waals surface area contributed by atoms with Crippen LogP contribution in [0.3, 0.4) is 0 Å². The molecule has 3 N–H and O–H groups in total. The molecule has 1 aliphatic heterocycles. The molecular weight excluding hydrogens is 526 g/mol. The van der Waals surface area contributed by atoms with E-state index in [0.717, 1.165) is 67.7 Å². The Kier molecular flexibility index (Phi) is 6.75. The van der Waals surface area contributed by atoms with E-state index in [9.17, 15) is 4.79 Å². The van der Waals surface area contributed by atoms with Gasteiger partial charge in [0, 0.05) is 43.4 Å². The molecular formula is C32H33N9O. The molecule has 1 amide bonds. The molecule has 0 radical (unpaired) electrons. The van der Waals surface area contributed by atoms with E-state index in [-0.39, 0.29) is 5.91 Å². The third kappa shape index (κ3) is 4.73. The van der Waals surface area contributed by atoms with Crippen molar-refractivity contribution in [3.05, 3.63) is 90.9 Å². The minimum absolute atomic E-state index is 0.0368. The Labute approximate surface area is 243 Å². The second kappa shape index (κ2) is 10.9. The Hall–Kier alpha value is -4.83. The number of hydrogen-bond acceptors (Lipinski definition) is 7. The summed E-state index contributed by atoms with van der Waals surface area (Å²) in [5.41, 5.74) is 12.2. The van der Waals surface area contributed by atoms with Gasteiger partial charge in [0.1, 0.15) is 11.3 Å². The number of nitrogen functional groups attached to an aromatic ring is 1. The molecule has 1 fully saturated rings. The number of imidazole rings is 1. The molecule has 5 aromatic rings. The molecule has 2 aliphatic rings. The van der Waals surface area contributed by atoms with Crippen molar-refractivity contribution in [1.29, 1.82) is 0 Å². The monoisotopic (exact) mass is 559 g/mol. The van der Waals surface area contributed by atoms with Gasteiger partial charge in [-0.3, -0.25) is 9.36 Å². The quantitative estimate of drug-likeness (QED) is 0.286. The van der Waals surface area contributed by atoms with Crippen molar-refractivity contribution < 1.29 is 4.79 Å². The second-order valence-corrected chi connectivity index (χ2v) is 11.0. The van der Waals surface area contributed by atoms with E-state index < -0.39 is 0 Å². The largest absolute Gasteiger partial charge is 0.383 e. The zero-order chi connectivity index (χ0) is 28.6. The average molecular weight is 560 g/mol. The summed E-state index contributed by atoms with van der Waals surface area (Å²) in [4.78, 5) is 28.1. The Morgan fingerprint density at radius 1 is 1.07 bits per heavy atom. The first-order valence-corrected chi connectivity index (χ1v) is 14.5. The lowest BCUT2D eigenvalue weighted by atomic mass is 9.96. The fraction of sp³-hybridized carbons (Fsp3) is 0.281. The molecule has 5 heterocycles. The molecule has 0 bridgehead atoms. The van der Waals surface area contributed by atoms with E-state index in [1.165, 1.54) is 17.2 Å². The predicted octanol–water partition coefficient (Wildman–Crippen LogP) is 4.25. The Bertz CT molecular complexity index is 1770. The number of carbonyl (C=O) groups excluding carboxylic acids is 1. The SMILES string of the molecule is C=CC(=O)N1CCC(CNC2CCc3cc(-n4c(-c5cccnc5N)nc5ccc(-n6cccn6)nc54)ccc32)CC1. The van der Waals surface area contributed by atoms with Crippen LogP contribution in [0.1, 0.15) is 36.4 Å². The fourth-order valence-corrected chi connectivity index (χ4v) is 6.26. The molecule has 4 aromatic heterocycles. The minimum atomic E-state index is 0.0368. The van der Waals surface area contributed by atoms with Crippen LogP contribution in [-0.4, -0.2) is 59.7 Å². The summed E-state index contributed by atoms with van der Waals surface area (Å²) in [6.07, 6.45) is 10.8. The molecule has 1 aromatic carbocycles. The van der Waals surface area contributed by atoms with Gasteiger partial charge in [-0.05, 0) is 97.8 Å². The zero-order valence-electron chi connectivity index (χ0n) is 23.4. The van der Waals surface area contributed by atoms with E-state index in [2.05, 4.69) is 44.7 Å². The number of pyridine rings is 2. The number of rotatable bonds is 7. The number of nitrogens with two attached hydrogens (primary N) is 1. The van der Waals surface area contributed by atoms with Crippen molar-refractivity contribution >= 4 is 22.9 Å². The van der Waals surface area contributed by atoms with E-state index in [4.69, 9.17) is 15.7 Å². The van der Waals surface area contributed by atoms with Gasteiger partial charge in [0.05, 0.1) is 5.56 Å². The topological polar surface area (TPSA) is 120 Å².